The Morgan fingerprint density at radius 2 is 2.32 bits per heavy atom. The maximum Gasteiger partial charge on any atom is 0.249 e. The molecule has 6 heteroatoms. The van der Waals surface area contributed by atoms with Gasteiger partial charge in [-0.1, -0.05) is 25.1 Å². The minimum Gasteiger partial charge on any atom is -0.367 e. The maximum absolute atomic E-state index is 11.9. The number of carbonyl (C=O) groups is 1. The van der Waals surface area contributed by atoms with Gasteiger partial charge in [0.15, 0.2) is 0 Å². The molecule has 2 heterocycles. The summed E-state index contributed by atoms with van der Waals surface area (Å²) in [7, 11) is 0. The van der Waals surface area contributed by atoms with Gasteiger partial charge in [-0.25, -0.2) is 0 Å². The van der Waals surface area contributed by atoms with Gasteiger partial charge in [0.05, 0.1) is 12.8 Å². The second-order valence-electron chi connectivity index (χ2n) is 6.44. The highest BCUT2D eigenvalue weighted by Crippen LogP contribution is 2.33. The van der Waals surface area contributed by atoms with E-state index in [1.54, 1.807) is 0 Å². The summed E-state index contributed by atoms with van der Waals surface area (Å²) >= 11 is 0. The molecule has 1 aliphatic heterocycles. The van der Waals surface area contributed by atoms with Crippen molar-refractivity contribution in [3.8, 4) is 0 Å². The normalized spacial score (nSPS) is 20.0. The third-order valence-corrected chi connectivity index (χ3v) is 3.83. The fraction of sp³-hybridized carbons (Fsp3) is 0.688. The summed E-state index contributed by atoms with van der Waals surface area (Å²) < 4.78 is 7.19. The minimum absolute atomic E-state index is 0.0171. The zero-order chi connectivity index (χ0) is 16.0. The fourth-order valence-electron chi connectivity index (χ4n) is 2.48. The van der Waals surface area contributed by atoms with Gasteiger partial charge in [0.25, 0.3) is 0 Å². The highest BCUT2D eigenvalue weighted by Gasteiger charge is 2.44. The number of ether oxygens (including phenoxy) is 1. The quantitative estimate of drug-likeness (QED) is 0.746. The highest BCUT2D eigenvalue weighted by molar-refractivity contribution is 5.82. The lowest BCUT2D eigenvalue weighted by Crippen LogP contribution is -2.56. The Labute approximate surface area is 131 Å². The van der Waals surface area contributed by atoms with E-state index in [1.807, 2.05) is 30.0 Å². The lowest BCUT2D eigenvalue weighted by atomic mass is 9.82. The van der Waals surface area contributed by atoms with Crippen LogP contribution in [-0.2, 0) is 16.1 Å². The molecular weight excluding hydrogens is 280 g/mol. The standard InChI is InChI=1S/C16H26N4O2/c1-4-8-13-11-20(19-18-13)10-7-5-6-9-17-15(21)14-16(2,3)12-22-14/h4,8,11,14H,5-7,9-10,12H2,1-3H3,(H,17,21)/b8-4+. The minimum atomic E-state index is -0.285. The molecule has 1 amide bonds. The number of hydrogen-bond donors (Lipinski definition) is 1. The molecule has 6 nitrogen and oxygen atoms in total. The molecule has 0 bridgehead atoms. The molecular formula is C16H26N4O2. The van der Waals surface area contributed by atoms with Crippen LogP contribution in [0.3, 0.4) is 0 Å². The number of nitrogens with zero attached hydrogens (tertiary/aromatic N) is 3. The summed E-state index contributed by atoms with van der Waals surface area (Å²) in [6.45, 7) is 8.30. The molecule has 1 saturated heterocycles. The first kappa shape index (κ1) is 16.7. The van der Waals surface area contributed by atoms with E-state index in [0.29, 0.717) is 13.2 Å². The van der Waals surface area contributed by atoms with Gasteiger partial charge >= 0.3 is 0 Å². The summed E-state index contributed by atoms with van der Waals surface area (Å²) in [5.41, 5.74) is 0.861. The van der Waals surface area contributed by atoms with Crippen molar-refractivity contribution >= 4 is 12.0 Å². The van der Waals surface area contributed by atoms with Gasteiger partial charge in [0.1, 0.15) is 11.8 Å². The van der Waals surface area contributed by atoms with Crippen LogP contribution in [0.25, 0.3) is 6.08 Å². The van der Waals surface area contributed by atoms with E-state index < -0.39 is 0 Å². The van der Waals surface area contributed by atoms with Crippen LogP contribution in [0.2, 0.25) is 0 Å². The molecule has 1 atom stereocenters. The predicted octanol–water partition coefficient (Wildman–Crippen LogP) is 2.02. The number of aryl methyl sites for hydroxylation is 1. The van der Waals surface area contributed by atoms with Crippen molar-refractivity contribution < 1.29 is 9.53 Å². The second kappa shape index (κ2) is 7.54. The van der Waals surface area contributed by atoms with Gasteiger partial charge in [-0.3, -0.25) is 9.48 Å². The van der Waals surface area contributed by atoms with Crippen molar-refractivity contribution in [2.24, 2.45) is 5.41 Å². The molecule has 1 fully saturated rings. The SMILES string of the molecule is C/C=C/c1cn(CCCCCNC(=O)C2OCC2(C)C)nn1. The van der Waals surface area contributed by atoms with E-state index in [2.05, 4.69) is 29.5 Å². The average molecular weight is 306 g/mol. The molecule has 1 unspecified atom stereocenters. The van der Waals surface area contributed by atoms with E-state index in [4.69, 9.17) is 4.74 Å². The Bertz CT molecular complexity index is 522. The summed E-state index contributed by atoms with van der Waals surface area (Å²) in [6.07, 6.45) is 8.58. The Morgan fingerprint density at radius 1 is 1.50 bits per heavy atom. The van der Waals surface area contributed by atoms with Crippen LogP contribution >= 0.6 is 0 Å². The van der Waals surface area contributed by atoms with Crippen molar-refractivity contribution in [1.29, 1.82) is 0 Å². The number of aromatic nitrogens is 3. The van der Waals surface area contributed by atoms with Gasteiger partial charge in [0.2, 0.25) is 5.91 Å². The van der Waals surface area contributed by atoms with Gasteiger partial charge < -0.3 is 10.1 Å². The van der Waals surface area contributed by atoms with Crippen LogP contribution in [0.5, 0.6) is 0 Å². The van der Waals surface area contributed by atoms with Crippen LogP contribution in [0.15, 0.2) is 12.3 Å². The molecule has 2 rings (SSSR count). The van der Waals surface area contributed by atoms with Gasteiger partial charge in [-0.05, 0) is 32.3 Å². The molecule has 0 aliphatic carbocycles. The van der Waals surface area contributed by atoms with Gasteiger partial charge in [-0.2, -0.15) is 0 Å². The Balaban J connectivity index is 1.55. The Morgan fingerprint density at radius 3 is 2.95 bits per heavy atom. The summed E-state index contributed by atoms with van der Waals surface area (Å²) in [6, 6.07) is 0. The van der Waals surface area contributed by atoms with Crippen LogP contribution in [0.1, 0.15) is 45.7 Å². The molecule has 122 valence electrons. The molecule has 1 aromatic rings. The summed E-state index contributed by atoms with van der Waals surface area (Å²) in [5.74, 6) is 0.0171. The molecule has 22 heavy (non-hydrogen) atoms. The third-order valence-electron chi connectivity index (χ3n) is 3.83. The van der Waals surface area contributed by atoms with Crippen LogP contribution in [0.4, 0.5) is 0 Å². The molecule has 0 spiro atoms. The molecule has 0 aromatic carbocycles. The molecule has 1 N–H and O–H groups in total. The topological polar surface area (TPSA) is 69.0 Å². The largest absolute Gasteiger partial charge is 0.367 e. The van der Waals surface area contributed by atoms with Gasteiger partial charge in [-0.15, -0.1) is 5.10 Å². The van der Waals surface area contributed by atoms with E-state index in [0.717, 1.165) is 31.5 Å². The number of unbranched alkanes of at least 4 members (excludes halogenated alkanes) is 2. The van der Waals surface area contributed by atoms with E-state index in [9.17, 15) is 4.79 Å². The third kappa shape index (κ3) is 4.40. The maximum atomic E-state index is 11.9. The van der Waals surface area contributed by atoms with Crippen molar-refractivity contribution in [3.63, 3.8) is 0 Å². The zero-order valence-electron chi connectivity index (χ0n) is 13.7. The Hall–Kier alpha value is -1.69. The number of hydrogen-bond acceptors (Lipinski definition) is 4. The fourth-order valence-corrected chi connectivity index (χ4v) is 2.48. The zero-order valence-corrected chi connectivity index (χ0v) is 13.7. The van der Waals surface area contributed by atoms with E-state index in [-0.39, 0.29) is 17.4 Å². The predicted molar refractivity (Wildman–Crippen MR) is 85.1 cm³/mol. The highest BCUT2D eigenvalue weighted by atomic mass is 16.5. The van der Waals surface area contributed by atoms with Crippen LogP contribution in [-0.4, -0.2) is 40.2 Å². The molecule has 0 saturated carbocycles. The molecule has 1 aliphatic rings. The Kier molecular flexibility index (Phi) is 5.71. The molecule has 0 radical (unpaired) electrons. The van der Waals surface area contributed by atoms with Crippen LogP contribution in [0, 0.1) is 5.41 Å². The molecule has 1 aromatic heterocycles. The summed E-state index contributed by atoms with van der Waals surface area (Å²) in [4.78, 5) is 11.9. The number of allylic oxidation sites excluding steroid dienone is 1. The monoisotopic (exact) mass is 306 g/mol. The van der Waals surface area contributed by atoms with Crippen molar-refractivity contribution in [3.05, 3.63) is 18.0 Å². The number of nitrogens with one attached hydrogen (secondary N) is 1. The first-order valence-corrected chi connectivity index (χ1v) is 7.95. The summed E-state index contributed by atoms with van der Waals surface area (Å²) in [5, 5.41) is 11.1. The smallest absolute Gasteiger partial charge is 0.249 e. The first-order chi connectivity index (χ1) is 10.5. The number of rotatable bonds is 8. The van der Waals surface area contributed by atoms with E-state index >= 15 is 0 Å². The second-order valence-corrected chi connectivity index (χ2v) is 6.44. The van der Waals surface area contributed by atoms with Crippen molar-refractivity contribution in [1.82, 2.24) is 20.3 Å². The van der Waals surface area contributed by atoms with Gasteiger partial charge in [0, 0.05) is 18.5 Å². The average Bonchev–Trinajstić information content (AvgIpc) is 2.89. The van der Waals surface area contributed by atoms with E-state index in [1.165, 1.54) is 0 Å². The van der Waals surface area contributed by atoms with Crippen LogP contribution < -0.4 is 5.32 Å². The lowest BCUT2D eigenvalue weighted by Gasteiger charge is -2.42. The number of amides is 1. The van der Waals surface area contributed by atoms with Crippen molar-refractivity contribution in [2.75, 3.05) is 13.2 Å². The number of carbonyl (C=O) groups excluding carboxylic acids is 1. The van der Waals surface area contributed by atoms with Crippen molar-refractivity contribution in [2.45, 2.75) is 52.7 Å². The first-order valence-electron chi connectivity index (χ1n) is 7.95. The lowest BCUT2D eigenvalue weighted by molar-refractivity contribution is -0.183.